The molecule has 0 unspecified atom stereocenters. The number of hydrogen-bond donors (Lipinski definition) is 0. The zero-order valence-electron chi connectivity index (χ0n) is 11.4. The van der Waals surface area contributed by atoms with Crippen LogP contribution in [0.5, 0.6) is 0 Å². The van der Waals surface area contributed by atoms with Crippen LogP contribution in [0.3, 0.4) is 0 Å². The topological polar surface area (TPSA) is 90.6 Å². The maximum absolute atomic E-state index is 12.8. The maximum atomic E-state index is 12.8. The average Bonchev–Trinajstić information content (AvgIpc) is 2.97. The van der Waals surface area contributed by atoms with E-state index in [1.54, 1.807) is 12.3 Å². The van der Waals surface area contributed by atoms with Crippen molar-refractivity contribution in [2.75, 3.05) is 6.26 Å². The standard InChI is InChI=1S/C13H10FN5O2S/c1-22(20,21)13-5-3-10(16-17-13)11-6-7-19(18-11)12-4-2-9(14)8-15-12/h2-8H,1H3. The van der Waals surface area contributed by atoms with Crippen LogP contribution in [-0.2, 0) is 9.84 Å². The summed E-state index contributed by atoms with van der Waals surface area (Å²) in [6.07, 6.45) is 3.80. The average molecular weight is 319 g/mol. The molecule has 0 amide bonds. The Morgan fingerprint density at radius 1 is 1.05 bits per heavy atom. The Balaban J connectivity index is 1.92. The molecule has 0 atom stereocenters. The molecule has 22 heavy (non-hydrogen) atoms. The molecule has 0 aliphatic rings. The van der Waals surface area contributed by atoms with E-state index in [-0.39, 0.29) is 5.03 Å². The molecular formula is C13H10FN5O2S. The smallest absolute Gasteiger partial charge is 0.194 e. The van der Waals surface area contributed by atoms with E-state index < -0.39 is 15.7 Å². The van der Waals surface area contributed by atoms with Crippen molar-refractivity contribution in [1.82, 2.24) is 25.0 Å². The molecule has 112 valence electrons. The van der Waals surface area contributed by atoms with Crippen molar-refractivity contribution in [3.63, 3.8) is 0 Å². The Morgan fingerprint density at radius 3 is 2.45 bits per heavy atom. The molecule has 0 radical (unpaired) electrons. The molecule has 0 saturated heterocycles. The van der Waals surface area contributed by atoms with Crippen molar-refractivity contribution in [3.8, 4) is 17.2 Å². The van der Waals surface area contributed by atoms with Crippen molar-refractivity contribution >= 4 is 9.84 Å². The Hall–Kier alpha value is -2.68. The second-order valence-electron chi connectivity index (χ2n) is 4.51. The summed E-state index contributed by atoms with van der Waals surface area (Å²) in [5.74, 6) is 0.0201. The van der Waals surface area contributed by atoms with Crippen molar-refractivity contribution < 1.29 is 12.8 Å². The summed E-state index contributed by atoms with van der Waals surface area (Å²) in [5, 5.41) is 11.7. The minimum atomic E-state index is -3.39. The van der Waals surface area contributed by atoms with Gasteiger partial charge in [-0.15, -0.1) is 10.2 Å². The van der Waals surface area contributed by atoms with Gasteiger partial charge in [0.1, 0.15) is 17.2 Å². The van der Waals surface area contributed by atoms with E-state index in [2.05, 4.69) is 20.3 Å². The lowest BCUT2D eigenvalue weighted by Gasteiger charge is -2.00. The number of sulfone groups is 1. The lowest BCUT2D eigenvalue weighted by molar-refractivity contribution is 0.596. The summed E-state index contributed by atoms with van der Waals surface area (Å²) in [4.78, 5) is 3.91. The molecule has 0 bridgehead atoms. The van der Waals surface area contributed by atoms with Gasteiger partial charge in [0.2, 0.25) is 0 Å². The van der Waals surface area contributed by atoms with Crippen LogP contribution in [-0.4, -0.2) is 39.6 Å². The lowest BCUT2D eigenvalue weighted by Crippen LogP contribution is -2.03. The van der Waals surface area contributed by atoms with Gasteiger partial charge in [0.25, 0.3) is 0 Å². The van der Waals surface area contributed by atoms with Crippen LogP contribution in [0, 0.1) is 5.82 Å². The first-order valence-corrected chi connectivity index (χ1v) is 8.04. The third-order valence-electron chi connectivity index (χ3n) is 2.82. The summed E-state index contributed by atoms with van der Waals surface area (Å²) >= 11 is 0. The number of halogens is 1. The van der Waals surface area contributed by atoms with Gasteiger partial charge in [0, 0.05) is 12.5 Å². The molecule has 0 aromatic carbocycles. The molecule has 0 saturated carbocycles. The highest BCUT2D eigenvalue weighted by Gasteiger charge is 2.11. The number of aromatic nitrogens is 5. The van der Waals surface area contributed by atoms with E-state index in [0.717, 1.165) is 12.5 Å². The van der Waals surface area contributed by atoms with E-state index in [1.165, 1.54) is 28.9 Å². The highest BCUT2D eigenvalue weighted by Crippen LogP contribution is 2.16. The van der Waals surface area contributed by atoms with E-state index in [1.807, 2.05) is 0 Å². The van der Waals surface area contributed by atoms with Crippen LogP contribution < -0.4 is 0 Å². The SMILES string of the molecule is CS(=O)(=O)c1ccc(-c2ccn(-c3ccc(F)cn3)n2)nn1. The summed E-state index contributed by atoms with van der Waals surface area (Å²) in [6, 6.07) is 7.34. The summed E-state index contributed by atoms with van der Waals surface area (Å²) in [7, 11) is -3.39. The molecule has 3 aromatic rings. The van der Waals surface area contributed by atoms with Crippen molar-refractivity contribution in [2.45, 2.75) is 5.03 Å². The van der Waals surface area contributed by atoms with Gasteiger partial charge in [-0.1, -0.05) is 0 Å². The van der Waals surface area contributed by atoms with Gasteiger partial charge in [-0.05, 0) is 30.3 Å². The lowest BCUT2D eigenvalue weighted by atomic mass is 10.3. The minimum absolute atomic E-state index is 0.101. The van der Waals surface area contributed by atoms with Gasteiger partial charge >= 0.3 is 0 Å². The predicted molar refractivity (Wildman–Crippen MR) is 75.5 cm³/mol. The van der Waals surface area contributed by atoms with Crippen LogP contribution in [0.25, 0.3) is 17.2 Å². The fourth-order valence-electron chi connectivity index (χ4n) is 1.75. The molecule has 0 aliphatic heterocycles. The quantitative estimate of drug-likeness (QED) is 0.722. The maximum Gasteiger partial charge on any atom is 0.194 e. The highest BCUT2D eigenvalue weighted by atomic mass is 32.2. The van der Waals surface area contributed by atoms with Gasteiger partial charge in [-0.25, -0.2) is 22.5 Å². The largest absolute Gasteiger partial charge is 0.234 e. The Labute approximate surface area is 125 Å². The van der Waals surface area contributed by atoms with Crippen LogP contribution in [0.1, 0.15) is 0 Å². The molecule has 0 aliphatic carbocycles. The number of rotatable bonds is 3. The number of hydrogen-bond acceptors (Lipinski definition) is 6. The van der Waals surface area contributed by atoms with Crippen LogP contribution in [0.2, 0.25) is 0 Å². The van der Waals surface area contributed by atoms with Gasteiger partial charge in [-0.3, -0.25) is 0 Å². The Bertz CT molecular complexity index is 904. The molecule has 3 heterocycles. The van der Waals surface area contributed by atoms with Gasteiger partial charge in [-0.2, -0.15) is 5.10 Å². The molecule has 0 fully saturated rings. The number of pyridine rings is 1. The minimum Gasteiger partial charge on any atom is -0.234 e. The third-order valence-corrected chi connectivity index (χ3v) is 3.80. The van der Waals surface area contributed by atoms with Gasteiger partial charge < -0.3 is 0 Å². The normalized spacial score (nSPS) is 11.5. The summed E-state index contributed by atoms with van der Waals surface area (Å²) in [5.41, 5.74) is 0.923. The second-order valence-corrected chi connectivity index (χ2v) is 6.47. The molecule has 3 rings (SSSR count). The van der Waals surface area contributed by atoms with E-state index in [4.69, 9.17) is 0 Å². The summed E-state index contributed by atoms with van der Waals surface area (Å²) < 4.78 is 37.0. The third kappa shape index (κ3) is 2.84. The predicted octanol–water partition coefficient (Wildman–Crippen LogP) is 1.27. The Kier molecular flexibility index (Phi) is 3.41. The monoisotopic (exact) mass is 319 g/mol. The van der Waals surface area contributed by atoms with E-state index >= 15 is 0 Å². The zero-order valence-corrected chi connectivity index (χ0v) is 12.2. The number of nitrogens with zero attached hydrogens (tertiary/aromatic N) is 5. The highest BCUT2D eigenvalue weighted by molar-refractivity contribution is 7.90. The van der Waals surface area contributed by atoms with Crippen LogP contribution in [0.4, 0.5) is 4.39 Å². The van der Waals surface area contributed by atoms with Gasteiger partial charge in [0.05, 0.1) is 6.20 Å². The summed E-state index contributed by atoms with van der Waals surface area (Å²) in [6.45, 7) is 0. The molecule has 0 spiro atoms. The first-order valence-electron chi connectivity index (χ1n) is 6.15. The molecule has 9 heteroatoms. The van der Waals surface area contributed by atoms with Crippen molar-refractivity contribution in [3.05, 3.63) is 48.5 Å². The zero-order chi connectivity index (χ0) is 15.7. The molecule has 7 nitrogen and oxygen atoms in total. The fraction of sp³-hybridized carbons (Fsp3) is 0.0769. The van der Waals surface area contributed by atoms with Gasteiger partial charge in [0.15, 0.2) is 20.7 Å². The van der Waals surface area contributed by atoms with Crippen LogP contribution >= 0.6 is 0 Å². The van der Waals surface area contributed by atoms with Crippen molar-refractivity contribution in [1.29, 1.82) is 0 Å². The molecular weight excluding hydrogens is 309 g/mol. The van der Waals surface area contributed by atoms with Crippen LogP contribution in [0.15, 0.2) is 47.8 Å². The fourth-order valence-corrected chi connectivity index (χ4v) is 2.25. The first-order chi connectivity index (χ1) is 10.4. The Morgan fingerprint density at radius 2 is 1.86 bits per heavy atom. The van der Waals surface area contributed by atoms with E-state index in [0.29, 0.717) is 17.2 Å². The molecule has 0 N–H and O–H groups in total. The van der Waals surface area contributed by atoms with E-state index in [9.17, 15) is 12.8 Å². The molecule has 3 aromatic heterocycles. The van der Waals surface area contributed by atoms with Crippen molar-refractivity contribution in [2.24, 2.45) is 0 Å². The second kappa shape index (κ2) is 5.26. The first kappa shape index (κ1) is 14.3.